The van der Waals surface area contributed by atoms with Crippen LogP contribution in [0, 0.1) is 6.92 Å². The van der Waals surface area contributed by atoms with Crippen LogP contribution in [0.5, 0.6) is 0 Å². The molecule has 3 aromatic rings. The number of nitrogens with zero attached hydrogens (tertiary/aromatic N) is 4. The number of hydrogen-bond acceptors (Lipinski definition) is 8. The predicted octanol–water partition coefficient (Wildman–Crippen LogP) is 2.84. The molecule has 0 saturated heterocycles. The van der Waals surface area contributed by atoms with Crippen LogP contribution in [-0.2, 0) is 0 Å². The zero-order valence-corrected chi connectivity index (χ0v) is 14.0. The van der Waals surface area contributed by atoms with Gasteiger partial charge >= 0.3 is 0 Å². The summed E-state index contributed by atoms with van der Waals surface area (Å²) in [5.74, 6) is 1.45. The first-order valence-corrected chi connectivity index (χ1v) is 8.39. The maximum Gasteiger partial charge on any atom is 0.189 e. The first-order chi connectivity index (χ1) is 11.8. The second-order valence-electron chi connectivity index (χ2n) is 5.08. The first kappa shape index (κ1) is 16.3. The summed E-state index contributed by atoms with van der Waals surface area (Å²) in [6.07, 6.45) is 7.39. The van der Waals surface area contributed by atoms with E-state index in [-0.39, 0.29) is 6.61 Å². The Hall–Kier alpha value is -2.58. The molecule has 0 atom stereocenters. The lowest BCUT2D eigenvalue weighted by molar-refractivity contribution is 0.292. The number of anilines is 3. The van der Waals surface area contributed by atoms with E-state index in [0.29, 0.717) is 18.8 Å². The minimum Gasteiger partial charge on any atom is -0.396 e. The maximum absolute atomic E-state index is 8.85. The number of aliphatic hydroxyl groups is 1. The molecule has 0 spiro atoms. The molecule has 3 N–H and O–H groups in total. The van der Waals surface area contributed by atoms with Crippen molar-refractivity contribution in [2.24, 2.45) is 0 Å². The van der Waals surface area contributed by atoms with Crippen molar-refractivity contribution in [3.05, 3.63) is 42.6 Å². The Labute approximate surface area is 143 Å². The monoisotopic (exact) mass is 342 g/mol. The Morgan fingerprint density at radius 1 is 1.17 bits per heavy atom. The minimum atomic E-state index is 0.165. The number of nitrogens with one attached hydrogen (secondary N) is 2. The molecular formula is C16H18N6OS. The molecular weight excluding hydrogens is 324 g/mol. The van der Waals surface area contributed by atoms with E-state index in [2.05, 4.69) is 30.6 Å². The van der Waals surface area contributed by atoms with Crippen molar-refractivity contribution in [3.8, 4) is 10.4 Å². The number of aryl methyl sites for hydroxylation is 1. The van der Waals surface area contributed by atoms with Crippen LogP contribution in [0.4, 0.5) is 16.8 Å². The van der Waals surface area contributed by atoms with E-state index in [1.54, 1.807) is 36.1 Å². The molecule has 7 nitrogen and oxygen atoms in total. The average molecular weight is 342 g/mol. The Balaban J connectivity index is 1.78. The third-order valence-electron chi connectivity index (χ3n) is 3.26. The quantitative estimate of drug-likeness (QED) is 0.568. The summed E-state index contributed by atoms with van der Waals surface area (Å²) in [5.41, 5.74) is 2.00. The standard InChI is InChI=1S/C16H18N6OS/c1-11-15(12-3-5-19-13(9-12)18-4-2-8-23)24-16(21-11)22-14-10-17-6-7-20-14/h3,5-7,9-10,23H,2,4,8H2,1H3,(H,18,19)(H,20,21,22). The van der Waals surface area contributed by atoms with E-state index in [0.717, 1.165) is 27.1 Å². The van der Waals surface area contributed by atoms with Crippen LogP contribution in [0.2, 0.25) is 0 Å². The van der Waals surface area contributed by atoms with Gasteiger partial charge in [-0.3, -0.25) is 4.98 Å². The molecule has 0 aliphatic carbocycles. The summed E-state index contributed by atoms with van der Waals surface area (Å²) >= 11 is 1.56. The Bertz CT molecular complexity index is 792. The molecule has 0 unspecified atom stereocenters. The molecule has 3 heterocycles. The number of hydrogen-bond donors (Lipinski definition) is 3. The number of pyridine rings is 1. The Morgan fingerprint density at radius 3 is 2.83 bits per heavy atom. The van der Waals surface area contributed by atoms with Crippen LogP contribution >= 0.6 is 11.3 Å². The highest BCUT2D eigenvalue weighted by molar-refractivity contribution is 7.19. The van der Waals surface area contributed by atoms with Crippen LogP contribution in [0.25, 0.3) is 10.4 Å². The van der Waals surface area contributed by atoms with E-state index in [1.165, 1.54) is 0 Å². The molecule has 3 aromatic heterocycles. The fraction of sp³-hybridized carbons (Fsp3) is 0.250. The van der Waals surface area contributed by atoms with E-state index in [4.69, 9.17) is 5.11 Å². The Kier molecular flexibility index (Phi) is 5.29. The van der Waals surface area contributed by atoms with E-state index in [1.807, 2.05) is 19.1 Å². The molecule has 0 aromatic carbocycles. The number of aromatic nitrogens is 4. The molecule has 0 aliphatic heterocycles. The lowest BCUT2D eigenvalue weighted by Gasteiger charge is -2.06. The van der Waals surface area contributed by atoms with Gasteiger partial charge in [-0.25, -0.2) is 15.0 Å². The molecule has 8 heteroatoms. The summed E-state index contributed by atoms with van der Waals surface area (Å²) in [7, 11) is 0. The summed E-state index contributed by atoms with van der Waals surface area (Å²) in [6.45, 7) is 2.83. The zero-order chi connectivity index (χ0) is 16.8. The van der Waals surface area contributed by atoms with Gasteiger partial charge in [0.2, 0.25) is 0 Å². The molecule has 0 saturated carbocycles. The Morgan fingerprint density at radius 2 is 2.04 bits per heavy atom. The molecule has 0 amide bonds. The van der Waals surface area contributed by atoms with Crippen LogP contribution in [0.15, 0.2) is 36.9 Å². The number of rotatable bonds is 7. The topological polar surface area (TPSA) is 95.9 Å². The first-order valence-electron chi connectivity index (χ1n) is 7.58. The summed E-state index contributed by atoms with van der Waals surface area (Å²) in [5, 5.41) is 16.0. The minimum absolute atomic E-state index is 0.165. The summed E-state index contributed by atoms with van der Waals surface area (Å²) < 4.78 is 0. The molecule has 0 fully saturated rings. The highest BCUT2D eigenvalue weighted by atomic mass is 32.1. The van der Waals surface area contributed by atoms with E-state index >= 15 is 0 Å². The van der Waals surface area contributed by atoms with Gasteiger partial charge in [0.25, 0.3) is 0 Å². The van der Waals surface area contributed by atoms with Crippen molar-refractivity contribution in [3.63, 3.8) is 0 Å². The van der Waals surface area contributed by atoms with Gasteiger partial charge in [0.05, 0.1) is 16.8 Å². The third-order valence-corrected chi connectivity index (χ3v) is 4.38. The summed E-state index contributed by atoms with van der Waals surface area (Å²) in [4.78, 5) is 18.2. The molecule has 3 rings (SSSR count). The zero-order valence-electron chi connectivity index (χ0n) is 13.2. The van der Waals surface area contributed by atoms with Gasteiger partial charge in [-0.15, -0.1) is 0 Å². The van der Waals surface area contributed by atoms with Crippen molar-refractivity contribution in [2.75, 3.05) is 23.8 Å². The van der Waals surface area contributed by atoms with Crippen molar-refractivity contribution in [1.82, 2.24) is 19.9 Å². The van der Waals surface area contributed by atoms with Crippen LogP contribution < -0.4 is 10.6 Å². The normalized spacial score (nSPS) is 10.6. The van der Waals surface area contributed by atoms with Crippen molar-refractivity contribution in [2.45, 2.75) is 13.3 Å². The smallest absolute Gasteiger partial charge is 0.189 e. The van der Waals surface area contributed by atoms with Crippen LogP contribution in [-0.4, -0.2) is 38.2 Å². The van der Waals surface area contributed by atoms with Gasteiger partial charge < -0.3 is 15.7 Å². The van der Waals surface area contributed by atoms with Crippen LogP contribution in [0.3, 0.4) is 0 Å². The fourth-order valence-corrected chi connectivity index (χ4v) is 3.12. The third kappa shape index (κ3) is 4.03. The largest absolute Gasteiger partial charge is 0.396 e. The average Bonchev–Trinajstić information content (AvgIpc) is 2.97. The van der Waals surface area contributed by atoms with Gasteiger partial charge in [-0.05, 0) is 31.0 Å². The maximum atomic E-state index is 8.85. The summed E-state index contributed by atoms with van der Waals surface area (Å²) in [6, 6.07) is 3.95. The SMILES string of the molecule is Cc1nc(Nc2cnccn2)sc1-c1ccnc(NCCCO)c1. The molecule has 0 radical (unpaired) electrons. The van der Waals surface area contributed by atoms with Crippen LogP contribution in [0.1, 0.15) is 12.1 Å². The van der Waals surface area contributed by atoms with Crippen molar-refractivity contribution >= 4 is 28.1 Å². The molecule has 0 aliphatic rings. The van der Waals surface area contributed by atoms with Gasteiger partial charge in [-0.1, -0.05) is 11.3 Å². The van der Waals surface area contributed by atoms with Gasteiger partial charge in [0, 0.05) is 31.7 Å². The van der Waals surface area contributed by atoms with Crippen molar-refractivity contribution in [1.29, 1.82) is 0 Å². The van der Waals surface area contributed by atoms with Crippen molar-refractivity contribution < 1.29 is 5.11 Å². The second-order valence-corrected chi connectivity index (χ2v) is 6.08. The number of aliphatic hydroxyl groups excluding tert-OH is 1. The van der Waals surface area contributed by atoms with E-state index in [9.17, 15) is 0 Å². The number of thiazole rings is 1. The second kappa shape index (κ2) is 7.80. The van der Waals surface area contributed by atoms with Gasteiger partial charge in [0.15, 0.2) is 10.9 Å². The molecule has 0 bridgehead atoms. The van der Waals surface area contributed by atoms with E-state index < -0.39 is 0 Å². The molecule has 24 heavy (non-hydrogen) atoms. The lowest BCUT2D eigenvalue weighted by Crippen LogP contribution is -2.04. The van der Waals surface area contributed by atoms with Gasteiger partial charge in [-0.2, -0.15) is 0 Å². The predicted molar refractivity (Wildman–Crippen MR) is 95.6 cm³/mol. The lowest BCUT2D eigenvalue weighted by atomic mass is 10.2. The van der Waals surface area contributed by atoms with Gasteiger partial charge in [0.1, 0.15) is 5.82 Å². The highest BCUT2D eigenvalue weighted by Gasteiger charge is 2.11. The fourth-order valence-electron chi connectivity index (χ4n) is 2.15. The highest BCUT2D eigenvalue weighted by Crippen LogP contribution is 2.34. The molecule has 124 valence electrons.